The molecule has 6 nitrogen and oxygen atoms in total. The van der Waals surface area contributed by atoms with E-state index >= 15 is 0 Å². The summed E-state index contributed by atoms with van der Waals surface area (Å²) in [6, 6.07) is 0. The van der Waals surface area contributed by atoms with Gasteiger partial charge in [0, 0.05) is 13.1 Å². The number of rotatable bonds is 9. The summed E-state index contributed by atoms with van der Waals surface area (Å²) in [7, 11) is -3.54. The molecule has 0 aromatic rings. The maximum atomic E-state index is 12.1. The molecule has 7 heteroatoms. The molecule has 0 saturated heterocycles. The number of sulfone groups is 1. The van der Waals surface area contributed by atoms with Crippen LogP contribution >= 0.6 is 0 Å². The quantitative estimate of drug-likeness (QED) is 0.464. The molecule has 20 heavy (non-hydrogen) atoms. The summed E-state index contributed by atoms with van der Waals surface area (Å²) in [6.07, 6.45) is 1.32. The predicted molar refractivity (Wildman–Crippen MR) is 76.9 cm³/mol. The summed E-state index contributed by atoms with van der Waals surface area (Å²) in [6.45, 7) is 8.93. The molecule has 0 aliphatic carbocycles. The van der Waals surface area contributed by atoms with Gasteiger partial charge in [-0.2, -0.15) is 0 Å². The molecule has 0 rings (SSSR count). The first-order chi connectivity index (χ1) is 9.30. The maximum absolute atomic E-state index is 12.1. The lowest BCUT2D eigenvalue weighted by Crippen LogP contribution is -2.43. The van der Waals surface area contributed by atoms with E-state index in [4.69, 9.17) is 4.74 Å². The van der Waals surface area contributed by atoms with Gasteiger partial charge in [0.05, 0.1) is 18.8 Å². The molecule has 0 N–H and O–H groups in total. The highest BCUT2D eigenvalue weighted by atomic mass is 32.2. The fourth-order valence-corrected chi connectivity index (χ4v) is 2.68. The summed E-state index contributed by atoms with van der Waals surface area (Å²) in [4.78, 5) is 24.7. The summed E-state index contributed by atoms with van der Waals surface area (Å²) in [5.41, 5.74) is 0. The van der Waals surface area contributed by atoms with Crippen molar-refractivity contribution in [3.8, 4) is 0 Å². The van der Waals surface area contributed by atoms with Crippen molar-refractivity contribution in [3.63, 3.8) is 0 Å². The van der Waals surface area contributed by atoms with E-state index < -0.39 is 27.0 Å². The summed E-state index contributed by atoms with van der Waals surface area (Å²) in [5.74, 6) is -1.14. The van der Waals surface area contributed by atoms with Gasteiger partial charge < -0.3 is 9.64 Å². The lowest BCUT2D eigenvalue weighted by atomic mass is 10.3. The van der Waals surface area contributed by atoms with Gasteiger partial charge in [-0.3, -0.25) is 9.59 Å². The Morgan fingerprint density at radius 3 is 2.40 bits per heavy atom. The second-order valence-electron chi connectivity index (χ2n) is 4.23. The van der Waals surface area contributed by atoms with E-state index in [2.05, 4.69) is 6.58 Å². The maximum Gasteiger partial charge on any atom is 0.307 e. The van der Waals surface area contributed by atoms with Crippen LogP contribution in [-0.4, -0.2) is 55.9 Å². The fourth-order valence-electron chi connectivity index (χ4n) is 1.60. The van der Waals surface area contributed by atoms with E-state index in [0.717, 1.165) is 0 Å². The first-order valence-corrected chi connectivity index (χ1v) is 8.28. The van der Waals surface area contributed by atoms with Gasteiger partial charge in [0.2, 0.25) is 5.91 Å². The van der Waals surface area contributed by atoms with Gasteiger partial charge >= 0.3 is 5.97 Å². The van der Waals surface area contributed by atoms with Crippen molar-refractivity contribution in [2.45, 2.75) is 32.4 Å². The zero-order valence-electron chi connectivity index (χ0n) is 12.3. The topological polar surface area (TPSA) is 80.8 Å². The monoisotopic (exact) mass is 305 g/mol. The fraction of sp³-hybridized carbons (Fsp3) is 0.692. The van der Waals surface area contributed by atoms with Crippen LogP contribution in [0, 0.1) is 0 Å². The van der Waals surface area contributed by atoms with Crippen molar-refractivity contribution in [1.29, 1.82) is 0 Å². The van der Waals surface area contributed by atoms with Crippen molar-refractivity contribution in [2.24, 2.45) is 0 Å². The molecule has 1 amide bonds. The lowest BCUT2D eigenvalue weighted by Gasteiger charge is -2.23. The number of hydrogen-bond donors (Lipinski definition) is 0. The standard InChI is InChI=1S/C13H23NO5S/c1-5-10-20(17,18)11(4)13(16)14(6-2)9-8-12(15)19-7-3/h5,11H,1,6-10H2,2-4H3. The van der Waals surface area contributed by atoms with Gasteiger partial charge in [-0.1, -0.05) is 6.08 Å². The Morgan fingerprint density at radius 1 is 1.35 bits per heavy atom. The van der Waals surface area contributed by atoms with E-state index in [9.17, 15) is 18.0 Å². The zero-order valence-corrected chi connectivity index (χ0v) is 13.1. The Hall–Kier alpha value is -1.37. The second-order valence-corrected chi connectivity index (χ2v) is 6.60. The van der Waals surface area contributed by atoms with Crippen LogP contribution in [0.2, 0.25) is 0 Å². The van der Waals surface area contributed by atoms with E-state index in [1.54, 1.807) is 13.8 Å². The van der Waals surface area contributed by atoms with Gasteiger partial charge in [-0.15, -0.1) is 6.58 Å². The minimum absolute atomic E-state index is 0.0572. The van der Waals surface area contributed by atoms with Crippen LogP contribution in [0.5, 0.6) is 0 Å². The number of hydrogen-bond acceptors (Lipinski definition) is 5. The second kappa shape index (κ2) is 8.73. The molecule has 0 aromatic heterocycles. The van der Waals surface area contributed by atoms with Crippen LogP contribution in [0.3, 0.4) is 0 Å². The Labute approximate surface area is 120 Å². The molecule has 0 heterocycles. The molecule has 0 fully saturated rings. The molecule has 0 bridgehead atoms. The van der Waals surface area contributed by atoms with Crippen LogP contribution in [-0.2, 0) is 24.2 Å². The highest BCUT2D eigenvalue weighted by Crippen LogP contribution is 2.08. The number of ether oxygens (including phenoxy) is 1. The first-order valence-electron chi connectivity index (χ1n) is 6.57. The third-order valence-electron chi connectivity index (χ3n) is 2.82. The normalized spacial score (nSPS) is 12.6. The SMILES string of the molecule is C=CCS(=O)(=O)C(C)C(=O)N(CC)CCC(=O)OCC. The van der Waals surface area contributed by atoms with Gasteiger partial charge in [0.1, 0.15) is 5.25 Å². The van der Waals surface area contributed by atoms with Gasteiger partial charge in [0.15, 0.2) is 9.84 Å². The average molecular weight is 305 g/mol. The lowest BCUT2D eigenvalue weighted by molar-refractivity contribution is -0.144. The minimum atomic E-state index is -3.54. The number of carbonyl (C=O) groups is 2. The molecular formula is C13H23NO5S. The van der Waals surface area contributed by atoms with E-state index in [-0.39, 0.29) is 25.3 Å². The van der Waals surface area contributed by atoms with E-state index in [0.29, 0.717) is 6.54 Å². The van der Waals surface area contributed by atoms with Crippen LogP contribution in [0.25, 0.3) is 0 Å². The molecule has 0 spiro atoms. The van der Waals surface area contributed by atoms with Crippen LogP contribution in [0.1, 0.15) is 27.2 Å². The molecule has 0 saturated carbocycles. The van der Waals surface area contributed by atoms with Crippen molar-refractivity contribution < 1.29 is 22.7 Å². The molecular weight excluding hydrogens is 282 g/mol. The van der Waals surface area contributed by atoms with Crippen molar-refractivity contribution in [3.05, 3.63) is 12.7 Å². The van der Waals surface area contributed by atoms with E-state index in [1.807, 2.05) is 0 Å². The highest BCUT2D eigenvalue weighted by molar-refractivity contribution is 7.92. The van der Waals surface area contributed by atoms with Gasteiger partial charge in [-0.25, -0.2) is 8.42 Å². The summed E-state index contributed by atoms with van der Waals surface area (Å²) >= 11 is 0. The largest absolute Gasteiger partial charge is 0.466 e. The number of nitrogens with zero attached hydrogens (tertiary/aromatic N) is 1. The molecule has 116 valence electrons. The molecule has 1 atom stereocenters. The van der Waals surface area contributed by atoms with E-state index in [1.165, 1.54) is 17.9 Å². The third kappa shape index (κ3) is 5.73. The van der Waals surface area contributed by atoms with Crippen molar-refractivity contribution >= 4 is 21.7 Å². The van der Waals surface area contributed by atoms with Gasteiger partial charge in [0.25, 0.3) is 0 Å². The molecule has 1 unspecified atom stereocenters. The van der Waals surface area contributed by atoms with Crippen molar-refractivity contribution in [1.82, 2.24) is 4.90 Å². The smallest absolute Gasteiger partial charge is 0.307 e. The molecule has 0 aliphatic rings. The summed E-state index contributed by atoms with van der Waals surface area (Å²) in [5, 5.41) is -1.14. The Kier molecular flexibility index (Phi) is 8.13. The molecule has 0 radical (unpaired) electrons. The van der Waals surface area contributed by atoms with Crippen molar-refractivity contribution in [2.75, 3.05) is 25.4 Å². The Morgan fingerprint density at radius 2 is 1.95 bits per heavy atom. The van der Waals surface area contributed by atoms with Gasteiger partial charge in [-0.05, 0) is 20.8 Å². The van der Waals surface area contributed by atoms with Crippen LogP contribution in [0.15, 0.2) is 12.7 Å². The molecule has 0 aliphatic heterocycles. The number of amides is 1. The Bertz CT molecular complexity index is 444. The van der Waals surface area contributed by atoms with Crippen LogP contribution < -0.4 is 0 Å². The number of carbonyl (C=O) groups excluding carboxylic acids is 2. The number of esters is 1. The third-order valence-corrected chi connectivity index (χ3v) is 4.80. The van der Waals surface area contributed by atoms with Crippen LogP contribution in [0.4, 0.5) is 0 Å². The predicted octanol–water partition coefficient (Wildman–Crippen LogP) is 0.777. The summed E-state index contributed by atoms with van der Waals surface area (Å²) < 4.78 is 28.4. The average Bonchev–Trinajstić information content (AvgIpc) is 2.38. The minimum Gasteiger partial charge on any atom is -0.466 e. The Balaban J connectivity index is 4.69. The molecule has 0 aromatic carbocycles. The zero-order chi connectivity index (χ0) is 15.8. The highest BCUT2D eigenvalue weighted by Gasteiger charge is 2.30. The first kappa shape index (κ1) is 18.6.